The third-order valence-electron chi connectivity index (χ3n) is 2.64. The maximum absolute atomic E-state index is 11.6. The second-order valence-corrected chi connectivity index (χ2v) is 4.51. The summed E-state index contributed by atoms with van der Waals surface area (Å²) < 4.78 is 5.60. The molecule has 2 aromatic rings. The van der Waals surface area contributed by atoms with Crippen LogP contribution < -0.4 is 5.43 Å². The molecule has 0 aliphatic carbocycles. The summed E-state index contributed by atoms with van der Waals surface area (Å²) in [5.41, 5.74) is 0.430. The highest BCUT2D eigenvalue weighted by Gasteiger charge is 2.05. The Balaban J connectivity index is 2.38. The minimum absolute atomic E-state index is 0.0456. The van der Waals surface area contributed by atoms with E-state index in [0.717, 1.165) is 24.0 Å². The van der Waals surface area contributed by atoms with Gasteiger partial charge in [-0.25, -0.2) is 0 Å². The Hall–Kier alpha value is -1.57. The van der Waals surface area contributed by atoms with E-state index < -0.39 is 0 Å². The second-order valence-electron chi connectivity index (χ2n) is 4.51. The summed E-state index contributed by atoms with van der Waals surface area (Å²) in [5.74, 6) is 1.56. The van der Waals surface area contributed by atoms with Crippen LogP contribution in [-0.2, 0) is 6.42 Å². The van der Waals surface area contributed by atoms with Crippen LogP contribution in [-0.4, -0.2) is 0 Å². The van der Waals surface area contributed by atoms with Gasteiger partial charge < -0.3 is 4.42 Å². The first-order valence-corrected chi connectivity index (χ1v) is 5.68. The molecule has 0 aliphatic heterocycles. The number of fused-ring (bicyclic) bond motifs is 1. The highest BCUT2D eigenvalue weighted by Crippen LogP contribution is 2.17. The van der Waals surface area contributed by atoms with Gasteiger partial charge in [0.25, 0.3) is 0 Å². The van der Waals surface area contributed by atoms with Crippen LogP contribution in [0.1, 0.15) is 26.0 Å². The van der Waals surface area contributed by atoms with E-state index in [4.69, 9.17) is 4.42 Å². The minimum atomic E-state index is -0.0456. The number of hydrogen-bond donors (Lipinski definition) is 0. The first-order chi connectivity index (χ1) is 7.66. The Morgan fingerprint density at radius 2 is 2.00 bits per heavy atom. The summed E-state index contributed by atoms with van der Waals surface area (Å²) in [6.07, 6.45) is 1.98. The second kappa shape index (κ2) is 4.52. The van der Waals surface area contributed by atoms with Crippen LogP contribution >= 0.6 is 0 Å². The number of aryl methyl sites for hydroxylation is 1. The van der Waals surface area contributed by atoms with Crippen molar-refractivity contribution in [3.8, 4) is 0 Å². The molecule has 0 fully saturated rings. The van der Waals surface area contributed by atoms with Gasteiger partial charge >= 0.3 is 0 Å². The van der Waals surface area contributed by atoms with Crippen molar-refractivity contribution in [3.05, 3.63) is 46.3 Å². The molecule has 1 aromatic carbocycles. The molecule has 0 unspecified atom stereocenters. The number of rotatable bonds is 3. The van der Waals surface area contributed by atoms with Gasteiger partial charge in [-0.2, -0.15) is 0 Å². The lowest BCUT2D eigenvalue weighted by atomic mass is 10.1. The fourth-order valence-electron chi connectivity index (χ4n) is 1.71. The highest BCUT2D eigenvalue weighted by molar-refractivity contribution is 5.76. The van der Waals surface area contributed by atoms with E-state index in [2.05, 4.69) is 13.8 Å². The van der Waals surface area contributed by atoms with Crippen molar-refractivity contribution >= 4 is 11.0 Å². The third kappa shape index (κ3) is 2.32. The predicted molar refractivity (Wildman–Crippen MR) is 65.6 cm³/mol. The Morgan fingerprint density at radius 3 is 2.75 bits per heavy atom. The molecule has 0 radical (unpaired) electrons. The molecular formula is C14H16O2. The van der Waals surface area contributed by atoms with E-state index in [-0.39, 0.29) is 5.43 Å². The van der Waals surface area contributed by atoms with Gasteiger partial charge in [0.1, 0.15) is 5.76 Å². The van der Waals surface area contributed by atoms with Crippen LogP contribution in [0.25, 0.3) is 11.0 Å². The lowest BCUT2D eigenvalue weighted by Crippen LogP contribution is -1.92. The monoisotopic (exact) mass is 216 g/mol. The summed E-state index contributed by atoms with van der Waals surface area (Å²) in [5, 5.41) is 0.897. The van der Waals surface area contributed by atoms with Gasteiger partial charge in [-0.1, -0.05) is 32.0 Å². The molecule has 84 valence electrons. The Morgan fingerprint density at radius 1 is 1.25 bits per heavy atom. The van der Waals surface area contributed by atoms with Crippen molar-refractivity contribution in [2.45, 2.75) is 26.7 Å². The van der Waals surface area contributed by atoms with Crippen molar-refractivity contribution in [1.29, 1.82) is 0 Å². The molecule has 1 aromatic heterocycles. The molecule has 2 nitrogen and oxygen atoms in total. The Labute approximate surface area is 94.9 Å². The van der Waals surface area contributed by atoms with Crippen LogP contribution in [0.5, 0.6) is 0 Å². The average molecular weight is 216 g/mol. The van der Waals surface area contributed by atoms with E-state index >= 15 is 0 Å². The number of furan rings is 1. The van der Waals surface area contributed by atoms with Gasteiger partial charge in [0.2, 0.25) is 5.43 Å². The fourth-order valence-corrected chi connectivity index (χ4v) is 1.71. The maximum Gasteiger partial charge on any atom is 0.221 e. The molecule has 0 atom stereocenters. The molecule has 0 aliphatic rings. The van der Waals surface area contributed by atoms with Crippen LogP contribution in [0, 0.1) is 5.92 Å². The number of hydrogen-bond acceptors (Lipinski definition) is 2. The van der Waals surface area contributed by atoms with Crippen molar-refractivity contribution in [2.75, 3.05) is 0 Å². The molecule has 0 spiro atoms. The summed E-state index contributed by atoms with van der Waals surface area (Å²) >= 11 is 0. The molecule has 2 heteroatoms. The SMILES string of the molecule is CC(C)CCc1cc2ccccc(=O)c2o1. The first-order valence-electron chi connectivity index (χ1n) is 5.68. The highest BCUT2D eigenvalue weighted by atomic mass is 16.3. The molecule has 2 rings (SSSR count). The fraction of sp³-hybridized carbons (Fsp3) is 0.357. The summed E-state index contributed by atoms with van der Waals surface area (Å²) in [7, 11) is 0. The summed E-state index contributed by atoms with van der Waals surface area (Å²) in [6.45, 7) is 4.36. The van der Waals surface area contributed by atoms with Gasteiger partial charge in [-0.05, 0) is 24.5 Å². The van der Waals surface area contributed by atoms with Crippen molar-refractivity contribution in [1.82, 2.24) is 0 Å². The van der Waals surface area contributed by atoms with Gasteiger partial charge in [-0.3, -0.25) is 4.79 Å². The van der Waals surface area contributed by atoms with Crippen LogP contribution in [0.3, 0.4) is 0 Å². The van der Waals surface area contributed by atoms with Gasteiger partial charge in [0.15, 0.2) is 5.58 Å². The van der Waals surface area contributed by atoms with Crippen LogP contribution in [0.2, 0.25) is 0 Å². The zero-order valence-corrected chi connectivity index (χ0v) is 9.69. The molecule has 1 heterocycles. The molecule has 0 amide bonds. The van der Waals surface area contributed by atoms with Gasteiger partial charge in [0, 0.05) is 11.8 Å². The van der Waals surface area contributed by atoms with E-state index in [1.54, 1.807) is 6.07 Å². The molecule has 0 saturated heterocycles. The maximum atomic E-state index is 11.6. The summed E-state index contributed by atoms with van der Waals surface area (Å²) in [6, 6.07) is 9.04. The zero-order chi connectivity index (χ0) is 11.5. The predicted octanol–water partition coefficient (Wildman–Crippen LogP) is 3.38. The standard InChI is InChI=1S/C14H16O2/c1-10(2)7-8-12-9-11-5-3-4-6-13(15)14(11)16-12/h3-6,9-10H,7-8H2,1-2H3. The molecular weight excluding hydrogens is 200 g/mol. The van der Waals surface area contributed by atoms with Gasteiger partial charge in [0.05, 0.1) is 0 Å². The van der Waals surface area contributed by atoms with Crippen molar-refractivity contribution in [2.24, 2.45) is 5.92 Å². The lowest BCUT2D eigenvalue weighted by molar-refractivity contribution is 0.498. The van der Waals surface area contributed by atoms with Crippen molar-refractivity contribution < 1.29 is 4.42 Å². The first kappa shape index (κ1) is 10.9. The molecule has 0 N–H and O–H groups in total. The van der Waals surface area contributed by atoms with E-state index in [1.807, 2.05) is 18.2 Å². The molecule has 0 saturated carbocycles. The average Bonchev–Trinajstić information content (AvgIpc) is 2.57. The molecule has 16 heavy (non-hydrogen) atoms. The normalized spacial score (nSPS) is 11.2. The zero-order valence-electron chi connectivity index (χ0n) is 9.69. The van der Waals surface area contributed by atoms with E-state index in [0.29, 0.717) is 11.5 Å². The third-order valence-corrected chi connectivity index (χ3v) is 2.64. The van der Waals surface area contributed by atoms with E-state index in [9.17, 15) is 4.79 Å². The van der Waals surface area contributed by atoms with Gasteiger partial charge in [-0.15, -0.1) is 0 Å². The summed E-state index contributed by atoms with van der Waals surface area (Å²) in [4.78, 5) is 11.6. The van der Waals surface area contributed by atoms with E-state index in [1.165, 1.54) is 6.07 Å². The van der Waals surface area contributed by atoms with Crippen molar-refractivity contribution in [3.63, 3.8) is 0 Å². The van der Waals surface area contributed by atoms with Crippen LogP contribution in [0.4, 0.5) is 0 Å². The largest absolute Gasteiger partial charge is 0.457 e. The topological polar surface area (TPSA) is 30.2 Å². The minimum Gasteiger partial charge on any atom is -0.457 e. The van der Waals surface area contributed by atoms with Crippen LogP contribution in [0.15, 0.2) is 39.5 Å². The smallest absolute Gasteiger partial charge is 0.221 e. The molecule has 0 bridgehead atoms. The quantitative estimate of drug-likeness (QED) is 0.787. The lowest BCUT2D eigenvalue weighted by Gasteiger charge is -2.00. The Bertz CT molecular complexity index is 538. The Kier molecular flexibility index (Phi) is 3.09.